The van der Waals surface area contributed by atoms with Gasteiger partial charge in [0.2, 0.25) is 0 Å². The van der Waals surface area contributed by atoms with Crippen LogP contribution in [0.25, 0.3) is 0 Å². The number of hydrogen-bond donors (Lipinski definition) is 1. The summed E-state index contributed by atoms with van der Waals surface area (Å²) in [6.45, 7) is 1.64. The Morgan fingerprint density at radius 1 is 1.38 bits per heavy atom. The fourth-order valence-corrected chi connectivity index (χ4v) is 1.67. The molecule has 0 bridgehead atoms. The molecule has 13 heavy (non-hydrogen) atoms. The van der Waals surface area contributed by atoms with E-state index in [2.05, 4.69) is 0 Å². The van der Waals surface area contributed by atoms with E-state index in [1.54, 1.807) is 6.92 Å². The largest absolute Gasteiger partial charge is 0.407 e. The van der Waals surface area contributed by atoms with Gasteiger partial charge in [-0.15, -0.1) is 0 Å². The van der Waals surface area contributed by atoms with Crippen molar-refractivity contribution in [3.63, 3.8) is 0 Å². The molecule has 3 nitrogen and oxygen atoms in total. The lowest BCUT2D eigenvalue weighted by atomic mass is 10.2. The molecule has 0 heterocycles. The highest BCUT2D eigenvalue weighted by atomic mass is 32.2. The van der Waals surface area contributed by atoms with Crippen LogP contribution in [0.4, 0.5) is 13.2 Å². The summed E-state index contributed by atoms with van der Waals surface area (Å²) in [5.41, 5.74) is 0. The second kappa shape index (κ2) is 4.28. The van der Waals surface area contributed by atoms with E-state index in [0.29, 0.717) is 6.42 Å². The smallest absolute Gasteiger partial charge is 0.285 e. The van der Waals surface area contributed by atoms with Crippen molar-refractivity contribution in [2.24, 2.45) is 0 Å². The molecule has 1 atom stereocenters. The van der Waals surface area contributed by atoms with E-state index in [1.165, 1.54) is 0 Å². The van der Waals surface area contributed by atoms with E-state index in [4.69, 9.17) is 4.55 Å². The molecule has 0 saturated heterocycles. The van der Waals surface area contributed by atoms with Gasteiger partial charge in [0.1, 0.15) is 0 Å². The SMILES string of the molecule is CCCCC(C(F)(F)F)S(=O)(=O)O. The lowest BCUT2D eigenvalue weighted by Gasteiger charge is -2.16. The lowest BCUT2D eigenvalue weighted by Crippen LogP contribution is -2.36. The van der Waals surface area contributed by atoms with Gasteiger partial charge in [0.05, 0.1) is 0 Å². The average Bonchev–Trinajstić information content (AvgIpc) is 1.81. The van der Waals surface area contributed by atoms with Crippen LogP contribution in [-0.2, 0) is 10.1 Å². The van der Waals surface area contributed by atoms with Crippen LogP contribution in [0.5, 0.6) is 0 Å². The van der Waals surface area contributed by atoms with Crippen LogP contribution < -0.4 is 0 Å². The highest BCUT2D eigenvalue weighted by molar-refractivity contribution is 7.86. The van der Waals surface area contributed by atoms with Crippen LogP contribution in [0.1, 0.15) is 26.2 Å². The average molecular weight is 220 g/mol. The first-order chi connectivity index (χ1) is 5.69. The van der Waals surface area contributed by atoms with Crippen molar-refractivity contribution in [1.29, 1.82) is 0 Å². The maximum atomic E-state index is 12.0. The molecule has 0 aliphatic carbocycles. The summed E-state index contributed by atoms with van der Waals surface area (Å²) in [7, 11) is -5.02. The topological polar surface area (TPSA) is 54.4 Å². The van der Waals surface area contributed by atoms with Crippen molar-refractivity contribution in [3.05, 3.63) is 0 Å². The fourth-order valence-electron chi connectivity index (χ4n) is 0.871. The standard InChI is InChI=1S/C6H11F3O3S/c1-2-3-4-5(6(7,8)9)13(10,11)12/h5H,2-4H2,1H3,(H,10,11,12). The Kier molecular flexibility index (Phi) is 4.18. The molecule has 1 N–H and O–H groups in total. The molecule has 0 rings (SSSR count). The highest BCUT2D eigenvalue weighted by Crippen LogP contribution is 2.29. The van der Waals surface area contributed by atoms with Crippen LogP contribution >= 0.6 is 0 Å². The van der Waals surface area contributed by atoms with Gasteiger partial charge in [-0.3, -0.25) is 4.55 Å². The third-order valence-corrected chi connectivity index (χ3v) is 2.77. The van der Waals surface area contributed by atoms with E-state index < -0.39 is 28.0 Å². The molecule has 0 radical (unpaired) electrons. The molecule has 0 aromatic heterocycles. The summed E-state index contributed by atoms with van der Waals surface area (Å²) >= 11 is 0. The number of rotatable bonds is 4. The molecule has 0 aliphatic rings. The first-order valence-corrected chi connectivity index (χ1v) is 5.23. The zero-order valence-corrected chi connectivity index (χ0v) is 7.82. The summed E-state index contributed by atoms with van der Waals surface area (Å²) in [4.78, 5) is 0. The Hall–Kier alpha value is -0.300. The van der Waals surface area contributed by atoms with Gasteiger partial charge in [-0.2, -0.15) is 21.6 Å². The van der Waals surface area contributed by atoms with Crippen molar-refractivity contribution in [3.8, 4) is 0 Å². The molecular weight excluding hydrogens is 209 g/mol. The van der Waals surface area contributed by atoms with E-state index in [0.717, 1.165) is 0 Å². The molecule has 0 saturated carbocycles. The number of halogens is 3. The van der Waals surface area contributed by atoms with Crippen LogP contribution in [0.3, 0.4) is 0 Å². The number of alkyl halides is 3. The molecule has 0 amide bonds. The molecule has 7 heteroatoms. The van der Waals surface area contributed by atoms with Gasteiger partial charge in [-0.25, -0.2) is 0 Å². The predicted molar refractivity (Wildman–Crippen MR) is 40.9 cm³/mol. The van der Waals surface area contributed by atoms with Crippen LogP contribution in [0.15, 0.2) is 0 Å². The summed E-state index contributed by atoms with van der Waals surface area (Å²) in [6.07, 6.45) is -4.91. The molecule has 0 aromatic carbocycles. The number of unbranched alkanes of at least 4 members (excludes halogenated alkanes) is 1. The zero-order valence-electron chi connectivity index (χ0n) is 7.00. The second-order valence-electron chi connectivity index (χ2n) is 2.69. The highest BCUT2D eigenvalue weighted by Gasteiger charge is 2.47. The minimum absolute atomic E-state index is 0.115. The van der Waals surface area contributed by atoms with Gasteiger partial charge in [-0.1, -0.05) is 19.8 Å². The van der Waals surface area contributed by atoms with E-state index >= 15 is 0 Å². The number of hydrogen-bond acceptors (Lipinski definition) is 2. The fraction of sp³-hybridized carbons (Fsp3) is 1.00. The maximum absolute atomic E-state index is 12.0. The Morgan fingerprint density at radius 3 is 2.08 bits per heavy atom. The van der Waals surface area contributed by atoms with Crippen LogP contribution in [-0.4, -0.2) is 24.4 Å². The van der Waals surface area contributed by atoms with Gasteiger partial charge in [0.15, 0.2) is 5.25 Å². The van der Waals surface area contributed by atoms with Crippen molar-refractivity contribution in [1.82, 2.24) is 0 Å². The predicted octanol–water partition coefficient (Wildman–Crippen LogP) is 2.00. The Labute approximate surface area is 74.7 Å². The summed E-state index contributed by atoms with van der Waals surface area (Å²) in [5.74, 6) is 0. The van der Waals surface area contributed by atoms with Crippen LogP contribution in [0, 0.1) is 0 Å². The molecule has 1 unspecified atom stereocenters. The normalized spacial score (nSPS) is 15.8. The quantitative estimate of drug-likeness (QED) is 0.737. The van der Waals surface area contributed by atoms with Gasteiger partial charge in [0, 0.05) is 0 Å². The zero-order chi connectivity index (χ0) is 10.7. The van der Waals surface area contributed by atoms with Crippen molar-refractivity contribution in [2.45, 2.75) is 37.6 Å². The van der Waals surface area contributed by atoms with Gasteiger partial charge < -0.3 is 0 Å². The van der Waals surface area contributed by atoms with Gasteiger partial charge in [0.25, 0.3) is 10.1 Å². The first-order valence-electron chi connectivity index (χ1n) is 3.72. The van der Waals surface area contributed by atoms with Gasteiger partial charge >= 0.3 is 6.18 Å². The molecule has 0 aliphatic heterocycles. The second-order valence-corrected chi connectivity index (χ2v) is 4.29. The minimum atomic E-state index is -5.02. The van der Waals surface area contributed by atoms with Crippen molar-refractivity contribution >= 4 is 10.1 Å². The monoisotopic (exact) mass is 220 g/mol. The van der Waals surface area contributed by atoms with Crippen molar-refractivity contribution in [2.75, 3.05) is 0 Å². The minimum Gasteiger partial charge on any atom is -0.285 e. The first kappa shape index (κ1) is 12.7. The molecule has 0 fully saturated rings. The molecule has 80 valence electrons. The molecule has 0 aromatic rings. The van der Waals surface area contributed by atoms with Gasteiger partial charge in [-0.05, 0) is 6.42 Å². The summed E-state index contributed by atoms with van der Waals surface area (Å²) in [6, 6.07) is 0. The Balaban J connectivity index is 4.59. The Bertz CT molecular complexity index is 244. The summed E-state index contributed by atoms with van der Waals surface area (Å²) < 4.78 is 64.9. The van der Waals surface area contributed by atoms with Crippen LogP contribution in [0.2, 0.25) is 0 Å². The maximum Gasteiger partial charge on any atom is 0.407 e. The van der Waals surface area contributed by atoms with E-state index in [9.17, 15) is 21.6 Å². The third kappa shape index (κ3) is 4.47. The third-order valence-electron chi connectivity index (χ3n) is 1.54. The summed E-state index contributed by atoms with van der Waals surface area (Å²) in [5, 5.41) is -2.64. The Morgan fingerprint density at radius 2 is 1.85 bits per heavy atom. The lowest BCUT2D eigenvalue weighted by molar-refractivity contribution is -0.132. The van der Waals surface area contributed by atoms with E-state index in [1.807, 2.05) is 0 Å². The molecular formula is C6H11F3O3S. The van der Waals surface area contributed by atoms with Crippen molar-refractivity contribution < 1.29 is 26.1 Å². The van der Waals surface area contributed by atoms with E-state index in [-0.39, 0.29) is 6.42 Å². The molecule has 0 spiro atoms.